The van der Waals surface area contributed by atoms with Gasteiger partial charge in [0.25, 0.3) is 0 Å². The summed E-state index contributed by atoms with van der Waals surface area (Å²) in [6.07, 6.45) is 8.97. The van der Waals surface area contributed by atoms with Gasteiger partial charge in [-0.05, 0) is 60.2 Å². The Bertz CT molecular complexity index is 333. The van der Waals surface area contributed by atoms with E-state index in [0.29, 0.717) is 12.1 Å². The maximum Gasteiger partial charge on any atom is 0.191 e. The van der Waals surface area contributed by atoms with E-state index in [9.17, 15) is 0 Å². The van der Waals surface area contributed by atoms with Crippen LogP contribution in [0.1, 0.15) is 58.8 Å². The van der Waals surface area contributed by atoms with E-state index in [1.165, 1.54) is 64.6 Å². The predicted molar refractivity (Wildman–Crippen MR) is 106 cm³/mol. The Morgan fingerprint density at radius 1 is 1.08 bits per heavy atom. The number of rotatable bonds is 10. The molecule has 1 rings (SSSR count). The first-order valence-electron chi connectivity index (χ1n) is 9.89. The van der Waals surface area contributed by atoms with Crippen LogP contribution in [0, 0.1) is 0 Å². The van der Waals surface area contributed by atoms with Crippen LogP contribution in [0.15, 0.2) is 4.99 Å². The molecule has 0 aromatic heterocycles. The third-order valence-electron chi connectivity index (χ3n) is 4.90. The minimum absolute atomic E-state index is 0.567. The van der Waals surface area contributed by atoms with Crippen molar-refractivity contribution in [3.63, 3.8) is 0 Å². The van der Waals surface area contributed by atoms with Gasteiger partial charge in [-0.1, -0.05) is 19.3 Å². The Labute approximate surface area is 150 Å². The minimum Gasteiger partial charge on any atom is -0.356 e. The van der Waals surface area contributed by atoms with Crippen molar-refractivity contribution in [1.29, 1.82) is 0 Å². The van der Waals surface area contributed by atoms with E-state index >= 15 is 0 Å². The number of likely N-dealkylation sites (tertiary alicyclic amines) is 1. The molecule has 0 spiro atoms. The Balaban J connectivity index is 2.05. The summed E-state index contributed by atoms with van der Waals surface area (Å²) in [5, 5.41) is 7.07. The summed E-state index contributed by atoms with van der Waals surface area (Å²) in [4.78, 5) is 9.21. The van der Waals surface area contributed by atoms with Crippen molar-refractivity contribution in [3.8, 4) is 0 Å². The molecule has 0 amide bonds. The van der Waals surface area contributed by atoms with Crippen LogP contribution < -0.4 is 10.6 Å². The zero-order valence-electron chi connectivity index (χ0n) is 16.8. The SMILES string of the molecule is CN=C(NCCCCCCCN(C)C)NC1CCN(C(C)C)CC1. The molecule has 2 N–H and O–H groups in total. The van der Waals surface area contributed by atoms with E-state index in [-0.39, 0.29) is 0 Å². The summed E-state index contributed by atoms with van der Waals surface area (Å²) < 4.78 is 0. The first-order chi connectivity index (χ1) is 11.5. The maximum absolute atomic E-state index is 4.38. The normalized spacial score (nSPS) is 17.7. The van der Waals surface area contributed by atoms with Crippen LogP contribution in [0.5, 0.6) is 0 Å². The average molecular weight is 340 g/mol. The molecule has 1 aliphatic heterocycles. The van der Waals surface area contributed by atoms with Gasteiger partial charge in [-0.25, -0.2) is 0 Å². The van der Waals surface area contributed by atoms with Gasteiger partial charge < -0.3 is 20.4 Å². The molecule has 1 aliphatic rings. The van der Waals surface area contributed by atoms with E-state index in [1.807, 2.05) is 7.05 Å². The van der Waals surface area contributed by atoms with Gasteiger partial charge in [-0.2, -0.15) is 0 Å². The van der Waals surface area contributed by atoms with Crippen LogP contribution >= 0.6 is 0 Å². The molecule has 0 saturated carbocycles. The first-order valence-corrected chi connectivity index (χ1v) is 9.89. The van der Waals surface area contributed by atoms with E-state index in [0.717, 1.165) is 12.5 Å². The van der Waals surface area contributed by atoms with Crippen molar-refractivity contribution in [1.82, 2.24) is 20.4 Å². The maximum atomic E-state index is 4.38. The average Bonchev–Trinajstić information content (AvgIpc) is 2.56. The molecule has 24 heavy (non-hydrogen) atoms. The van der Waals surface area contributed by atoms with Gasteiger partial charge in [0, 0.05) is 38.8 Å². The topological polar surface area (TPSA) is 42.9 Å². The molecule has 0 radical (unpaired) electrons. The van der Waals surface area contributed by atoms with Gasteiger partial charge in [0.1, 0.15) is 0 Å². The fourth-order valence-electron chi connectivity index (χ4n) is 3.24. The highest BCUT2D eigenvalue weighted by atomic mass is 15.2. The van der Waals surface area contributed by atoms with Gasteiger partial charge in [-0.3, -0.25) is 4.99 Å². The van der Waals surface area contributed by atoms with Crippen molar-refractivity contribution >= 4 is 5.96 Å². The molecule has 0 unspecified atom stereocenters. The molecule has 5 heteroatoms. The predicted octanol–water partition coefficient (Wildman–Crippen LogP) is 2.54. The summed E-state index contributed by atoms with van der Waals surface area (Å²) in [6, 6.07) is 1.23. The van der Waals surface area contributed by atoms with Crippen molar-refractivity contribution in [3.05, 3.63) is 0 Å². The monoisotopic (exact) mass is 339 g/mol. The zero-order chi connectivity index (χ0) is 17.8. The van der Waals surface area contributed by atoms with Gasteiger partial charge in [-0.15, -0.1) is 0 Å². The van der Waals surface area contributed by atoms with Gasteiger partial charge >= 0.3 is 0 Å². The van der Waals surface area contributed by atoms with Crippen LogP contribution in [0.2, 0.25) is 0 Å². The van der Waals surface area contributed by atoms with Crippen molar-refractivity contribution in [2.24, 2.45) is 4.99 Å². The third kappa shape index (κ3) is 9.48. The fraction of sp³-hybridized carbons (Fsp3) is 0.947. The number of unbranched alkanes of at least 4 members (excludes halogenated alkanes) is 4. The van der Waals surface area contributed by atoms with Crippen LogP contribution in [0.3, 0.4) is 0 Å². The lowest BCUT2D eigenvalue weighted by atomic mass is 10.0. The highest BCUT2D eigenvalue weighted by Gasteiger charge is 2.21. The lowest BCUT2D eigenvalue weighted by Crippen LogP contribution is -2.49. The second-order valence-electron chi connectivity index (χ2n) is 7.62. The van der Waals surface area contributed by atoms with Gasteiger partial charge in [0.15, 0.2) is 5.96 Å². The largest absolute Gasteiger partial charge is 0.356 e. The summed E-state index contributed by atoms with van der Waals surface area (Å²) >= 11 is 0. The van der Waals surface area contributed by atoms with Crippen LogP contribution in [-0.2, 0) is 0 Å². The lowest BCUT2D eigenvalue weighted by Gasteiger charge is -2.35. The fourth-order valence-corrected chi connectivity index (χ4v) is 3.24. The van der Waals surface area contributed by atoms with Crippen LogP contribution in [0.25, 0.3) is 0 Å². The molecule has 1 saturated heterocycles. The molecule has 0 aliphatic carbocycles. The Hall–Kier alpha value is -0.810. The number of guanidine groups is 1. The second-order valence-corrected chi connectivity index (χ2v) is 7.62. The van der Waals surface area contributed by atoms with E-state index in [1.54, 1.807) is 0 Å². The first kappa shape index (κ1) is 21.2. The summed E-state index contributed by atoms with van der Waals surface area (Å²) in [7, 11) is 6.17. The number of piperidine rings is 1. The smallest absolute Gasteiger partial charge is 0.191 e. The third-order valence-corrected chi connectivity index (χ3v) is 4.90. The minimum atomic E-state index is 0.567. The van der Waals surface area contributed by atoms with Gasteiger partial charge in [0.2, 0.25) is 0 Å². The number of hydrogen-bond acceptors (Lipinski definition) is 3. The summed E-state index contributed by atoms with van der Waals surface area (Å²) in [6.45, 7) is 9.20. The second kappa shape index (κ2) is 12.5. The lowest BCUT2D eigenvalue weighted by molar-refractivity contribution is 0.167. The van der Waals surface area contributed by atoms with E-state index in [2.05, 4.69) is 53.4 Å². The molecule has 0 bridgehead atoms. The molecular weight excluding hydrogens is 298 g/mol. The summed E-state index contributed by atoms with van der Waals surface area (Å²) in [5.41, 5.74) is 0. The number of nitrogens with one attached hydrogen (secondary N) is 2. The highest BCUT2D eigenvalue weighted by Crippen LogP contribution is 2.12. The molecule has 1 heterocycles. The van der Waals surface area contributed by atoms with Crippen LogP contribution in [0.4, 0.5) is 0 Å². The van der Waals surface area contributed by atoms with Crippen LogP contribution in [-0.4, -0.2) is 75.2 Å². The Kier molecular flexibility index (Phi) is 11.1. The molecule has 142 valence electrons. The molecule has 0 atom stereocenters. The van der Waals surface area contributed by atoms with Crippen molar-refractivity contribution < 1.29 is 0 Å². The number of nitrogens with zero attached hydrogens (tertiary/aromatic N) is 3. The molecule has 0 aromatic carbocycles. The molecular formula is C19H41N5. The van der Waals surface area contributed by atoms with E-state index < -0.39 is 0 Å². The standard InChI is InChI=1S/C19H41N5/c1-17(2)24-15-11-18(12-16-24)22-19(20-3)21-13-9-7-6-8-10-14-23(4)5/h17-18H,6-16H2,1-5H3,(H2,20,21,22). The molecule has 1 fully saturated rings. The van der Waals surface area contributed by atoms with Gasteiger partial charge in [0.05, 0.1) is 0 Å². The quantitative estimate of drug-likeness (QED) is 0.365. The molecule has 5 nitrogen and oxygen atoms in total. The Morgan fingerprint density at radius 3 is 2.29 bits per heavy atom. The number of aliphatic imine (C=N–C) groups is 1. The number of hydrogen-bond donors (Lipinski definition) is 2. The van der Waals surface area contributed by atoms with Crippen molar-refractivity contribution in [2.45, 2.75) is 70.9 Å². The van der Waals surface area contributed by atoms with Crippen molar-refractivity contribution in [2.75, 3.05) is 47.3 Å². The highest BCUT2D eigenvalue weighted by molar-refractivity contribution is 5.79. The van der Waals surface area contributed by atoms with E-state index in [4.69, 9.17) is 0 Å². The summed E-state index contributed by atoms with van der Waals surface area (Å²) in [5.74, 6) is 0.977. The Morgan fingerprint density at radius 2 is 1.71 bits per heavy atom. The molecule has 0 aromatic rings. The zero-order valence-corrected chi connectivity index (χ0v) is 16.8.